The van der Waals surface area contributed by atoms with Gasteiger partial charge in [0, 0.05) is 25.0 Å². The van der Waals surface area contributed by atoms with E-state index in [9.17, 15) is 9.18 Å². The largest absolute Gasteiger partial charge is 0.395 e. The molecule has 2 rings (SSSR count). The molecule has 0 bridgehead atoms. The van der Waals surface area contributed by atoms with Gasteiger partial charge in [-0.1, -0.05) is 18.2 Å². The van der Waals surface area contributed by atoms with Gasteiger partial charge in [-0.15, -0.1) is 0 Å². The summed E-state index contributed by atoms with van der Waals surface area (Å²) in [5.74, 6) is -1.21. The lowest BCUT2D eigenvalue weighted by atomic mass is 9.99. The van der Waals surface area contributed by atoms with Crippen molar-refractivity contribution in [2.24, 2.45) is 0 Å². The van der Waals surface area contributed by atoms with E-state index in [1.165, 1.54) is 6.07 Å². The lowest BCUT2D eigenvalue weighted by molar-refractivity contribution is -0.117. The standard InChI is InChI=1S/C18H21FN2O2/c1-13(16-5-3-4-6-17(16)19)18(23)20-14-7-9-15(10-8-14)21(2)11-12-22/h3-10,13,22H,11-12H2,1-2H3,(H,20,23). The number of halogens is 1. The zero-order chi connectivity index (χ0) is 16.8. The molecule has 1 amide bonds. The number of likely N-dealkylation sites (N-methyl/N-ethyl adjacent to an activating group) is 1. The lowest BCUT2D eigenvalue weighted by Crippen LogP contribution is -2.21. The highest BCUT2D eigenvalue weighted by molar-refractivity contribution is 5.95. The fourth-order valence-electron chi connectivity index (χ4n) is 2.30. The van der Waals surface area contributed by atoms with Gasteiger partial charge in [0.1, 0.15) is 5.82 Å². The molecule has 0 radical (unpaired) electrons. The van der Waals surface area contributed by atoms with Gasteiger partial charge in [0.15, 0.2) is 0 Å². The van der Waals surface area contributed by atoms with Gasteiger partial charge in [-0.05, 0) is 42.8 Å². The number of carbonyl (C=O) groups excluding carboxylic acids is 1. The molecule has 2 N–H and O–H groups in total. The van der Waals surface area contributed by atoms with Crippen LogP contribution in [0.25, 0.3) is 0 Å². The van der Waals surface area contributed by atoms with Crippen LogP contribution in [0.3, 0.4) is 0 Å². The molecule has 0 spiro atoms. The number of nitrogens with one attached hydrogen (secondary N) is 1. The Labute approximate surface area is 135 Å². The minimum absolute atomic E-state index is 0.0785. The van der Waals surface area contributed by atoms with Crippen molar-refractivity contribution in [2.45, 2.75) is 12.8 Å². The van der Waals surface area contributed by atoms with E-state index in [4.69, 9.17) is 5.11 Å². The summed E-state index contributed by atoms with van der Waals surface area (Å²) in [5.41, 5.74) is 1.97. The van der Waals surface area contributed by atoms with E-state index in [2.05, 4.69) is 5.32 Å². The third kappa shape index (κ3) is 4.29. The molecule has 23 heavy (non-hydrogen) atoms. The number of nitrogens with zero attached hydrogens (tertiary/aromatic N) is 1. The van der Waals surface area contributed by atoms with Crippen LogP contribution >= 0.6 is 0 Å². The van der Waals surface area contributed by atoms with Crippen LogP contribution in [0.15, 0.2) is 48.5 Å². The van der Waals surface area contributed by atoms with Crippen molar-refractivity contribution in [1.82, 2.24) is 0 Å². The summed E-state index contributed by atoms with van der Waals surface area (Å²) in [6.45, 7) is 2.29. The number of rotatable bonds is 6. The molecule has 0 fully saturated rings. The molecule has 0 saturated carbocycles. The van der Waals surface area contributed by atoms with Gasteiger partial charge in [0.05, 0.1) is 12.5 Å². The maximum Gasteiger partial charge on any atom is 0.231 e. The topological polar surface area (TPSA) is 52.6 Å². The molecule has 2 aromatic carbocycles. The van der Waals surface area contributed by atoms with Crippen molar-refractivity contribution in [3.05, 3.63) is 59.9 Å². The van der Waals surface area contributed by atoms with E-state index in [1.807, 2.05) is 24.1 Å². The molecule has 0 aliphatic carbocycles. The number of amides is 1. The smallest absolute Gasteiger partial charge is 0.231 e. The fraction of sp³-hybridized carbons (Fsp3) is 0.278. The normalized spacial score (nSPS) is 11.8. The van der Waals surface area contributed by atoms with E-state index >= 15 is 0 Å². The highest BCUT2D eigenvalue weighted by Crippen LogP contribution is 2.22. The first-order valence-electron chi connectivity index (χ1n) is 7.50. The third-order valence-corrected chi connectivity index (χ3v) is 3.78. The summed E-state index contributed by atoms with van der Waals surface area (Å²) in [5, 5.41) is 11.7. The molecule has 4 nitrogen and oxygen atoms in total. The molecule has 122 valence electrons. The summed E-state index contributed by atoms with van der Waals surface area (Å²) in [4.78, 5) is 14.2. The molecular formula is C18H21FN2O2. The Kier molecular flexibility index (Phi) is 5.71. The molecule has 5 heteroatoms. The first-order valence-corrected chi connectivity index (χ1v) is 7.50. The zero-order valence-corrected chi connectivity index (χ0v) is 13.3. The Morgan fingerprint density at radius 3 is 2.48 bits per heavy atom. The van der Waals surface area contributed by atoms with Crippen LogP contribution in [0.5, 0.6) is 0 Å². The van der Waals surface area contributed by atoms with Crippen molar-refractivity contribution in [3.8, 4) is 0 Å². The van der Waals surface area contributed by atoms with Crippen molar-refractivity contribution < 1.29 is 14.3 Å². The average Bonchev–Trinajstić information content (AvgIpc) is 2.55. The number of aliphatic hydroxyl groups excluding tert-OH is 1. The van der Waals surface area contributed by atoms with E-state index in [1.54, 1.807) is 37.3 Å². The van der Waals surface area contributed by atoms with Crippen LogP contribution in [0.1, 0.15) is 18.4 Å². The number of aliphatic hydroxyl groups is 1. The summed E-state index contributed by atoms with van der Waals surface area (Å²) < 4.78 is 13.7. The van der Waals surface area contributed by atoms with Crippen LogP contribution in [-0.2, 0) is 4.79 Å². The van der Waals surface area contributed by atoms with Gasteiger partial charge < -0.3 is 15.3 Å². The first kappa shape index (κ1) is 17.0. The summed E-state index contributed by atoms with van der Waals surface area (Å²) >= 11 is 0. The molecule has 1 unspecified atom stereocenters. The van der Waals surface area contributed by atoms with Crippen LogP contribution < -0.4 is 10.2 Å². The van der Waals surface area contributed by atoms with Gasteiger partial charge in [-0.2, -0.15) is 0 Å². The molecular weight excluding hydrogens is 295 g/mol. The van der Waals surface area contributed by atoms with Gasteiger partial charge in [0.2, 0.25) is 5.91 Å². The van der Waals surface area contributed by atoms with Crippen molar-refractivity contribution >= 4 is 17.3 Å². The zero-order valence-electron chi connectivity index (χ0n) is 13.3. The number of benzene rings is 2. The number of anilines is 2. The molecule has 1 atom stereocenters. The van der Waals surface area contributed by atoms with Crippen LogP contribution in [0.4, 0.5) is 15.8 Å². The fourth-order valence-corrected chi connectivity index (χ4v) is 2.30. The maximum atomic E-state index is 13.7. The SMILES string of the molecule is CC(C(=O)Nc1ccc(N(C)CCO)cc1)c1ccccc1F. The monoisotopic (exact) mass is 316 g/mol. The van der Waals surface area contributed by atoms with Gasteiger partial charge in [0.25, 0.3) is 0 Å². The van der Waals surface area contributed by atoms with Crippen LogP contribution in [0, 0.1) is 5.82 Å². The number of hydrogen-bond donors (Lipinski definition) is 2. The van der Waals surface area contributed by atoms with E-state index in [0.717, 1.165) is 5.69 Å². The predicted molar refractivity (Wildman–Crippen MR) is 90.2 cm³/mol. The van der Waals surface area contributed by atoms with E-state index < -0.39 is 5.92 Å². The predicted octanol–water partition coefficient (Wildman–Crippen LogP) is 3.00. The Morgan fingerprint density at radius 2 is 1.87 bits per heavy atom. The highest BCUT2D eigenvalue weighted by atomic mass is 19.1. The summed E-state index contributed by atoms with van der Waals surface area (Å²) in [7, 11) is 1.88. The second-order valence-corrected chi connectivity index (χ2v) is 5.42. The van der Waals surface area contributed by atoms with E-state index in [-0.39, 0.29) is 18.3 Å². The lowest BCUT2D eigenvalue weighted by Gasteiger charge is -2.18. The highest BCUT2D eigenvalue weighted by Gasteiger charge is 2.18. The molecule has 0 aromatic heterocycles. The maximum absolute atomic E-state index is 13.7. The number of carbonyl (C=O) groups is 1. The molecule has 0 heterocycles. The number of hydrogen-bond acceptors (Lipinski definition) is 3. The van der Waals surface area contributed by atoms with E-state index in [0.29, 0.717) is 17.8 Å². The van der Waals surface area contributed by atoms with Crippen molar-refractivity contribution in [2.75, 3.05) is 30.4 Å². The van der Waals surface area contributed by atoms with Crippen LogP contribution in [0.2, 0.25) is 0 Å². The molecule has 0 aliphatic rings. The average molecular weight is 316 g/mol. The quantitative estimate of drug-likeness (QED) is 0.861. The Bertz CT molecular complexity index is 658. The van der Waals surface area contributed by atoms with Crippen LogP contribution in [-0.4, -0.2) is 31.2 Å². The first-order chi connectivity index (χ1) is 11.0. The molecule has 0 aliphatic heterocycles. The molecule has 2 aromatic rings. The minimum Gasteiger partial charge on any atom is -0.395 e. The Balaban J connectivity index is 2.04. The summed E-state index contributed by atoms with van der Waals surface area (Å²) in [6.07, 6.45) is 0. The van der Waals surface area contributed by atoms with Crippen molar-refractivity contribution in [3.63, 3.8) is 0 Å². The van der Waals surface area contributed by atoms with Crippen molar-refractivity contribution in [1.29, 1.82) is 0 Å². The van der Waals surface area contributed by atoms with Gasteiger partial charge >= 0.3 is 0 Å². The Morgan fingerprint density at radius 1 is 1.22 bits per heavy atom. The summed E-state index contributed by atoms with van der Waals surface area (Å²) in [6, 6.07) is 13.6. The second kappa shape index (κ2) is 7.74. The minimum atomic E-state index is -0.576. The van der Waals surface area contributed by atoms with Gasteiger partial charge in [-0.25, -0.2) is 4.39 Å². The van der Waals surface area contributed by atoms with Gasteiger partial charge in [-0.3, -0.25) is 4.79 Å². The third-order valence-electron chi connectivity index (χ3n) is 3.78. The second-order valence-electron chi connectivity index (χ2n) is 5.42. The molecule has 0 saturated heterocycles. The Hall–Kier alpha value is -2.40.